The third kappa shape index (κ3) is 2.68. The Morgan fingerprint density at radius 1 is 1.46 bits per heavy atom. The van der Waals surface area contributed by atoms with Crippen LogP contribution in [0.5, 0.6) is 0 Å². The van der Waals surface area contributed by atoms with Crippen LogP contribution in [0.1, 0.15) is 25.3 Å². The molecule has 1 aromatic rings. The molecule has 0 saturated heterocycles. The molecule has 1 N–H and O–H groups in total. The van der Waals surface area contributed by atoms with Crippen LogP contribution in [0.3, 0.4) is 0 Å². The molecule has 0 aromatic heterocycles. The Bertz CT molecular complexity index is 310. The highest BCUT2D eigenvalue weighted by Crippen LogP contribution is 2.26. The summed E-state index contributed by atoms with van der Waals surface area (Å²) in [5.41, 5.74) is 3.72. The van der Waals surface area contributed by atoms with E-state index in [2.05, 4.69) is 19.2 Å². The molecule has 0 heterocycles. The fourth-order valence-electron chi connectivity index (χ4n) is 1.22. The molecule has 0 radical (unpaired) electrons. The van der Waals surface area contributed by atoms with E-state index in [4.69, 9.17) is 23.8 Å². The molecular formula is C10H12ClNS. The van der Waals surface area contributed by atoms with Crippen molar-refractivity contribution in [1.29, 1.82) is 0 Å². The van der Waals surface area contributed by atoms with Gasteiger partial charge in [0.15, 0.2) is 0 Å². The molecule has 0 atom stereocenters. The Labute approximate surface area is 89.1 Å². The van der Waals surface area contributed by atoms with Gasteiger partial charge in [-0.3, -0.25) is 0 Å². The predicted octanol–water partition coefficient (Wildman–Crippen LogP) is 3.83. The van der Waals surface area contributed by atoms with Gasteiger partial charge in [-0.25, -0.2) is 0 Å². The zero-order chi connectivity index (χ0) is 9.84. The van der Waals surface area contributed by atoms with Crippen LogP contribution in [-0.2, 0) is 0 Å². The fourth-order valence-corrected chi connectivity index (χ4v) is 1.52. The van der Waals surface area contributed by atoms with Crippen molar-refractivity contribution in [3.63, 3.8) is 0 Å². The van der Waals surface area contributed by atoms with E-state index in [-0.39, 0.29) is 0 Å². The highest BCUT2D eigenvalue weighted by atomic mass is 35.5. The highest BCUT2D eigenvalue weighted by molar-refractivity contribution is 7.79. The minimum absolute atomic E-state index is 0.467. The van der Waals surface area contributed by atoms with Gasteiger partial charge in [0, 0.05) is 10.7 Å². The SMILES string of the molecule is CC(C)c1ccc(Cl)cc1NC=S. The monoisotopic (exact) mass is 213 g/mol. The van der Waals surface area contributed by atoms with Gasteiger partial charge in [-0.15, -0.1) is 0 Å². The number of nitrogens with one attached hydrogen (secondary N) is 1. The van der Waals surface area contributed by atoms with Crippen LogP contribution in [0.25, 0.3) is 0 Å². The molecule has 0 spiro atoms. The Morgan fingerprint density at radius 3 is 2.69 bits per heavy atom. The van der Waals surface area contributed by atoms with E-state index >= 15 is 0 Å². The number of rotatable bonds is 3. The summed E-state index contributed by atoms with van der Waals surface area (Å²) in [5.74, 6) is 0.467. The topological polar surface area (TPSA) is 12.0 Å². The van der Waals surface area contributed by atoms with E-state index in [0.717, 1.165) is 10.7 Å². The molecule has 0 unspecified atom stereocenters. The maximum atomic E-state index is 5.87. The molecule has 1 rings (SSSR count). The average Bonchev–Trinajstić information content (AvgIpc) is 2.04. The van der Waals surface area contributed by atoms with Gasteiger partial charge in [-0.05, 0) is 23.6 Å². The van der Waals surface area contributed by atoms with Crippen LogP contribution in [0, 0.1) is 0 Å². The van der Waals surface area contributed by atoms with E-state index in [0.29, 0.717) is 5.92 Å². The van der Waals surface area contributed by atoms with Crippen molar-refractivity contribution in [1.82, 2.24) is 0 Å². The third-order valence-electron chi connectivity index (χ3n) is 1.85. The lowest BCUT2D eigenvalue weighted by Gasteiger charge is -2.12. The molecule has 0 aliphatic carbocycles. The standard InChI is InChI=1S/C10H12ClNS/c1-7(2)9-4-3-8(11)5-10(9)12-6-13/h3-7H,1-2H3,(H,12,13). The molecule has 70 valence electrons. The summed E-state index contributed by atoms with van der Waals surface area (Å²) in [6.07, 6.45) is 0. The molecule has 0 aliphatic rings. The van der Waals surface area contributed by atoms with Crippen molar-refractivity contribution in [2.45, 2.75) is 19.8 Å². The molecule has 1 nitrogen and oxygen atoms in total. The van der Waals surface area contributed by atoms with Crippen LogP contribution in [0.2, 0.25) is 5.02 Å². The second kappa shape index (κ2) is 4.58. The molecule has 13 heavy (non-hydrogen) atoms. The lowest BCUT2D eigenvalue weighted by atomic mass is 10.0. The molecular weight excluding hydrogens is 202 g/mol. The summed E-state index contributed by atoms with van der Waals surface area (Å²) in [4.78, 5) is 0. The van der Waals surface area contributed by atoms with E-state index in [1.165, 1.54) is 11.1 Å². The lowest BCUT2D eigenvalue weighted by molar-refractivity contribution is 0.870. The quantitative estimate of drug-likeness (QED) is 0.766. The van der Waals surface area contributed by atoms with E-state index in [1.54, 1.807) is 0 Å². The number of benzene rings is 1. The Kier molecular flexibility index (Phi) is 3.70. The van der Waals surface area contributed by atoms with Crippen molar-refractivity contribution < 1.29 is 0 Å². The third-order valence-corrected chi connectivity index (χ3v) is 2.20. The van der Waals surface area contributed by atoms with Gasteiger partial charge in [-0.2, -0.15) is 0 Å². The minimum Gasteiger partial charge on any atom is -0.352 e. The highest BCUT2D eigenvalue weighted by Gasteiger charge is 2.05. The van der Waals surface area contributed by atoms with Crippen molar-refractivity contribution in [3.05, 3.63) is 28.8 Å². The molecule has 0 fully saturated rings. The summed E-state index contributed by atoms with van der Waals surface area (Å²) in [7, 11) is 0. The van der Waals surface area contributed by atoms with Gasteiger partial charge >= 0.3 is 0 Å². The summed E-state index contributed by atoms with van der Waals surface area (Å²) < 4.78 is 0. The minimum atomic E-state index is 0.467. The summed E-state index contributed by atoms with van der Waals surface area (Å²) in [6, 6.07) is 5.80. The van der Waals surface area contributed by atoms with Crippen molar-refractivity contribution in [2.24, 2.45) is 0 Å². The van der Waals surface area contributed by atoms with Gasteiger partial charge < -0.3 is 5.32 Å². The summed E-state index contributed by atoms with van der Waals surface area (Å²) >= 11 is 10.6. The second-order valence-corrected chi connectivity index (χ2v) is 3.82. The lowest BCUT2D eigenvalue weighted by Crippen LogP contribution is -1.99. The fraction of sp³-hybridized carbons (Fsp3) is 0.300. The van der Waals surface area contributed by atoms with Gasteiger partial charge in [0.1, 0.15) is 0 Å². The largest absolute Gasteiger partial charge is 0.352 e. The maximum absolute atomic E-state index is 5.87. The zero-order valence-electron chi connectivity index (χ0n) is 7.67. The smallest absolute Gasteiger partial charge is 0.0659 e. The second-order valence-electron chi connectivity index (χ2n) is 3.15. The number of thiocarbonyl (C=S) groups is 1. The van der Waals surface area contributed by atoms with E-state index in [9.17, 15) is 0 Å². The average molecular weight is 214 g/mol. The Hall–Kier alpha value is -0.600. The number of anilines is 1. The van der Waals surface area contributed by atoms with Crippen LogP contribution in [-0.4, -0.2) is 5.49 Å². The Morgan fingerprint density at radius 2 is 2.15 bits per heavy atom. The first kappa shape index (κ1) is 10.5. The molecule has 0 saturated carbocycles. The first-order valence-corrected chi connectivity index (χ1v) is 4.99. The molecule has 0 aliphatic heterocycles. The first-order valence-electron chi connectivity index (χ1n) is 4.14. The van der Waals surface area contributed by atoms with Crippen molar-refractivity contribution in [2.75, 3.05) is 5.32 Å². The van der Waals surface area contributed by atoms with Crippen LogP contribution in [0.4, 0.5) is 5.69 Å². The maximum Gasteiger partial charge on any atom is 0.0659 e. The number of hydrogen-bond donors (Lipinski definition) is 1. The van der Waals surface area contributed by atoms with Crippen LogP contribution < -0.4 is 5.32 Å². The molecule has 1 aromatic carbocycles. The van der Waals surface area contributed by atoms with Gasteiger partial charge in [0.25, 0.3) is 0 Å². The normalized spacial score (nSPS) is 10.2. The number of hydrogen-bond acceptors (Lipinski definition) is 1. The van der Waals surface area contributed by atoms with Gasteiger partial charge in [0.05, 0.1) is 5.49 Å². The summed E-state index contributed by atoms with van der Waals surface area (Å²) in [6.45, 7) is 4.27. The van der Waals surface area contributed by atoms with Gasteiger partial charge in [-0.1, -0.05) is 43.7 Å². The van der Waals surface area contributed by atoms with Crippen LogP contribution in [0.15, 0.2) is 18.2 Å². The zero-order valence-corrected chi connectivity index (χ0v) is 9.25. The molecule has 0 bridgehead atoms. The van der Waals surface area contributed by atoms with Crippen molar-refractivity contribution in [3.8, 4) is 0 Å². The van der Waals surface area contributed by atoms with Crippen LogP contribution >= 0.6 is 23.8 Å². The molecule has 3 heteroatoms. The first-order chi connectivity index (χ1) is 6.15. The van der Waals surface area contributed by atoms with E-state index < -0.39 is 0 Å². The Balaban J connectivity index is 3.10. The predicted molar refractivity (Wildman–Crippen MR) is 62.8 cm³/mol. The summed E-state index contributed by atoms with van der Waals surface area (Å²) in [5, 5.41) is 3.73. The van der Waals surface area contributed by atoms with Crippen molar-refractivity contribution >= 4 is 35.0 Å². The van der Waals surface area contributed by atoms with E-state index in [1.807, 2.05) is 18.2 Å². The molecule has 0 amide bonds. The van der Waals surface area contributed by atoms with Gasteiger partial charge in [0.2, 0.25) is 0 Å². The number of halogens is 1.